The Balaban J connectivity index is 1.25. The number of hydrogen-bond donors (Lipinski definition) is 5. The van der Waals surface area contributed by atoms with Crippen LogP contribution in [0.1, 0.15) is 18.2 Å². The maximum atomic E-state index is 12.0. The fraction of sp³-hybridized carbons (Fsp3) is 0.409. The Hall–Kier alpha value is -3.46. The molecule has 13 nitrogen and oxygen atoms in total. The maximum absolute atomic E-state index is 12.0. The number of nitrogens with zero attached hydrogens (tertiary/aromatic N) is 4. The first-order valence-electron chi connectivity index (χ1n) is 11.1. The number of nitrogen functional groups attached to an aromatic ring is 1. The second-order valence-corrected chi connectivity index (χ2v) is 9.24. The van der Waals surface area contributed by atoms with Crippen LogP contribution in [0.15, 0.2) is 43.0 Å². The lowest BCUT2D eigenvalue weighted by atomic mass is 10.1. The van der Waals surface area contributed by atoms with E-state index in [2.05, 4.69) is 20.3 Å². The average molecular weight is 519 g/mol. The quantitative estimate of drug-likeness (QED) is 0.234. The van der Waals surface area contributed by atoms with Gasteiger partial charge in [0, 0.05) is 5.75 Å². The highest BCUT2D eigenvalue weighted by Gasteiger charge is 2.44. The van der Waals surface area contributed by atoms with Crippen molar-refractivity contribution >= 4 is 40.8 Å². The summed E-state index contributed by atoms with van der Waals surface area (Å²) in [6, 6.07) is 7.89. The predicted molar refractivity (Wildman–Crippen MR) is 129 cm³/mol. The van der Waals surface area contributed by atoms with Crippen LogP contribution in [-0.2, 0) is 20.9 Å². The summed E-state index contributed by atoms with van der Waals surface area (Å²) >= 11 is 1.32. The number of imidazole rings is 1. The molecule has 1 aromatic carbocycles. The van der Waals surface area contributed by atoms with Gasteiger partial charge in [-0.3, -0.25) is 4.57 Å². The molecule has 1 amide bonds. The molecule has 1 fully saturated rings. The number of aromatic nitrogens is 4. The van der Waals surface area contributed by atoms with Gasteiger partial charge in [-0.05, 0) is 17.7 Å². The summed E-state index contributed by atoms with van der Waals surface area (Å²) < 4.78 is 12.4. The fourth-order valence-electron chi connectivity index (χ4n) is 3.72. The molecule has 0 unspecified atom stereocenters. The van der Waals surface area contributed by atoms with Crippen molar-refractivity contribution in [3.8, 4) is 0 Å². The molecule has 5 atom stereocenters. The molecule has 2 aromatic heterocycles. The van der Waals surface area contributed by atoms with Crippen molar-refractivity contribution in [2.75, 3.05) is 17.2 Å². The number of alkyl carbamates (subject to hydrolysis) is 1. The topological polar surface area (TPSA) is 195 Å². The molecule has 1 saturated heterocycles. The number of amides is 1. The molecule has 1 aliphatic rings. The Labute approximate surface area is 209 Å². The first-order valence-corrected chi connectivity index (χ1v) is 12.2. The number of hydrogen-bond acceptors (Lipinski definition) is 11. The van der Waals surface area contributed by atoms with Crippen LogP contribution in [0, 0.1) is 0 Å². The number of thioether (sulfide) groups is 1. The number of benzene rings is 1. The lowest BCUT2D eigenvalue weighted by Gasteiger charge is -2.17. The van der Waals surface area contributed by atoms with E-state index in [1.807, 2.05) is 18.2 Å². The van der Waals surface area contributed by atoms with E-state index in [9.17, 15) is 24.9 Å². The van der Waals surface area contributed by atoms with Crippen molar-refractivity contribution in [1.29, 1.82) is 0 Å². The van der Waals surface area contributed by atoms with Crippen LogP contribution in [0.2, 0.25) is 0 Å². The van der Waals surface area contributed by atoms with Gasteiger partial charge in [-0.15, -0.1) is 0 Å². The molecule has 0 aliphatic carbocycles. The lowest BCUT2D eigenvalue weighted by molar-refractivity contribution is -0.139. The Morgan fingerprint density at radius 2 is 1.97 bits per heavy atom. The Morgan fingerprint density at radius 3 is 2.72 bits per heavy atom. The number of nitrogens with one attached hydrogen (secondary N) is 1. The molecule has 3 aromatic rings. The molecule has 0 saturated carbocycles. The third-order valence-electron chi connectivity index (χ3n) is 5.63. The third kappa shape index (κ3) is 5.84. The van der Waals surface area contributed by atoms with E-state index in [4.69, 9.17) is 15.2 Å². The summed E-state index contributed by atoms with van der Waals surface area (Å²) in [7, 11) is 0. The highest BCUT2D eigenvalue weighted by molar-refractivity contribution is 7.99. The number of anilines is 1. The minimum Gasteiger partial charge on any atom is -0.480 e. The molecule has 0 spiro atoms. The van der Waals surface area contributed by atoms with Crippen molar-refractivity contribution in [2.45, 2.75) is 43.6 Å². The number of ether oxygens (including phenoxy) is 2. The number of carboxylic acids is 1. The number of aliphatic hydroxyl groups is 2. The molecule has 1 aliphatic heterocycles. The number of carboxylic acid groups (broad SMARTS) is 1. The van der Waals surface area contributed by atoms with E-state index >= 15 is 0 Å². The van der Waals surface area contributed by atoms with E-state index < -0.39 is 42.6 Å². The molecule has 192 valence electrons. The van der Waals surface area contributed by atoms with E-state index in [0.29, 0.717) is 16.9 Å². The minimum absolute atomic E-state index is 0.0268. The number of nitrogens with two attached hydrogens (primary N) is 1. The Kier molecular flexibility index (Phi) is 8.20. The second kappa shape index (κ2) is 11.5. The standard InChI is InChI=1S/C22H26N6O7S/c23-18-15-19(25-10-24-18)28(11-26-15)20-17(30)16(29)14(35-20)9-36-7-6-13(21(31)32)27-22(33)34-8-12-4-2-1-3-5-12/h1-5,10-11,13-14,16-17,20,29-30H,6-9H2,(H,27,33)(H,31,32)(H2,23,24,25)/t13-,14+,16+,17+,20+/m0/s1. The summed E-state index contributed by atoms with van der Waals surface area (Å²) in [6.07, 6.45) is -2.10. The number of fused-ring (bicyclic) bond motifs is 1. The van der Waals surface area contributed by atoms with E-state index in [1.54, 1.807) is 12.1 Å². The van der Waals surface area contributed by atoms with Crippen LogP contribution >= 0.6 is 11.8 Å². The molecule has 36 heavy (non-hydrogen) atoms. The van der Waals surface area contributed by atoms with Crippen molar-refractivity contribution < 1.29 is 34.4 Å². The number of aliphatic hydroxyl groups excluding tert-OH is 2. The van der Waals surface area contributed by atoms with E-state index in [0.717, 1.165) is 5.56 Å². The molecule has 6 N–H and O–H groups in total. The van der Waals surface area contributed by atoms with Crippen LogP contribution in [-0.4, -0.2) is 82.8 Å². The summed E-state index contributed by atoms with van der Waals surface area (Å²) in [4.78, 5) is 35.7. The zero-order valence-electron chi connectivity index (χ0n) is 19.0. The monoisotopic (exact) mass is 518 g/mol. The van der Waals surface area contributed by atoms with Gasteiger partial charge in [-0.2, -0.15) is 11.8 Å². The molecular weight excluding hydrogens is 492 g/mol. The van der Waals surface area contributed by atoms with Gasteiger partial charge in [-0.1, -0.05) is 30.3 Å². The average Bonchev–Trinajstić information content (AvgIpc) is 3.42. The Bertz CT molecular complexity index is 1200. The van der Waals surface area contributed by atoms with Crippen molar-refractivity contribution in [3.63, 3.8) is 0 Å². The van der Waals surface area contributed by atoms with Crippen LogP contribution in [0.25, 0.3) is 11.2 Å². The zero-order chi connectivity index (χ0) is 25.7. The van der Waals surface area contributed by atoms with Crippen molar-refractivity contribution in [3.05, 3.63) is 48.5 Å². The zero-order valence-corrected chi connectivity index (χ0v) is 19.8. The molecule has 3 heterocycles. The largest absolute Gasteiger partial charge is 0.480 e. The SMILES string of the molecule is Nc1ncnc2c1ncn2[C@@H]1O[C@H](CSCC[C@H](NC(=O)OCc2ccccc2)C(=O)O)[C@@H](O)[C@H]1O. The van der Waals surface area contributed by atoms with Gasteiger partial charge in [0.1, 0.15) is 36.7 Å². The van der Waals surface area contributed by atoms with Gasteiger partial charge in [0.15, 0.2) is 17.7 Å². The predicted octanol–water partition coefficient (Wildman–Crippen LogP) is 0.531. The van der Waals surface area contributed by atoms with Crippen LogP contribution in [0.3, 0.4) is 0 Å². The molecule has 0 radical (unpaired) electrons. The lowest BCUT2D eigenvalue weighted by Crippen LogP contribution is -2.41. The molecule has 4 rings (SSSR count). The molecule has 14 heteroatoms. The summed E-state index contributed by atoms with van der Waals surface area (Å²) in [5.41, 5.74) is 7.30. The molecule has 0 bridgehead atoms. The van der Waals surface area contributed by atoms with Gasteiger partial charge in [0.05, 0.1) is 12.4 Å². The highest BCUT2D eigenvalue weighted by atomic mass is 32.2. The van der Waals surface area contributed by atoms with Crippen LogP contribution < -0.4 is 11.1 Å². The van der Waals surface area contributed by atoms with Crippen LogP contribution in [0.5, 0.6) is 0 Å². The van der Waals surface area contributed by atoms with Gasteiger partial charge >= 0.3 is 12.1 Å². The highest BCUT2D eigenvalue weighted by Crippen LogP contribution is 2.33. The first kappa shape index (κ1) is 25.6. The molecular formula is C22H26N6O7S. The maximum Gasteiger partial charge on any atom is 0.408 e. The van der Waals surface area contributed by atoms with Crippen LogP contribution in [0.4, 0.5) is 10.6 Å². The van der Waals surface area contributed by atoms with Gasteiger partial charge < -0.3 is 35.8 Å². The number of aliphatic carboxylic acids is 1. The first-order chi connectivity index (χ1) is 17.3. The van der Waals surface area contributed by atoms with Crippen molar-refractivity contribution in [2.24, 2.45) is 0 Å². The fourth-order valence-corrected chi connectivity index (χ4v) is 4.80. The summed E-state index contributed by atoms with van der Waals surface area (Å²) in [5.74, 6) is -0.373. The smallest absolute Gasteiger partial charge is 0.408 e. The van der Waals surface area contributed by atoms with Gasteiger partial charge in [0.2, 0.25) is 0 Å². The summed E-state index contributed by atoms with van der Waals surface area (Å²) in [6.45, 7) is 0.0268. The van der Waals surface area contributed by atoms with E-state index in [-0.39, 0.29) is 24.6 Å². The third-order valence-corrected chi connectivity index (χ3v) is 6.72. The summed E-state index contributed by atoms with van der Waals surface area (Å²) in [5, 5.41) is 32.8. The number of carbonyl (C=O) groups excluding carboxylic acids is 1. The number of carbonyl (C=O) groups is 2. The Morgan fingerprint density at radius 1 is 1.19 bits per heavy atom. The van der Waals surface area contributed by atoms with E-state index in [1.165, 1.54) is 29.0 Å². The minimum atomic E-state index is -1.24. The normalized spacial score (nSPS) is 22.4. The van der Waals surface area contributed by atoms with Gasteiger partial charge in [-0.25, -0.2) is 24.5 Å². The second-order valence-electron chi connectivity index (χ2n) is 8.09. The number of rotatable bonds is 10. The van der Waals surface area contributed by atoms with Gasteiger partial charge in [0.25, 0.3) is 0 Å². The van der Waals surface area contributed by atoms with Crippen molar-refractivity contribution in [1.82, 2.24) is 24.8 Å².